The summed E-state index contributed by atoms with van der Waals surface area (Å²) in [5.41, 5.74) is 0.457. The first-order valence-electron chi connectivity index (χ1n) is 9.53. The summed E-state index contributed by atoms with van der Waals surface area (Å²) in [7, 11) is 1.78. The Bertz CT molecular complexity index is 991. The van der Waals surface area contributed by atoms with E-state index >= 15 is 0 Å². The number of rotatable bonds is 6. The summed E-state index contributed by atoms with van der Waals surface area (Å²) in [6.07, 6.45) is 1.99. The summed E-state index contributed by atoms with van der Waals surface area (Å²) in [6, 6.07) is 6.89. The fourth-order valence-electron chi connectivity index (χ4n) is 3.21. The van der Waals surface area contributed by atoms with Crippen LogP contribution in [0.4, 0.5) is 5.95 Å². The maximum absolute atomic E-state index is 12.7. The number of hydrogen-bond donors (Lipinski definition) is 2. The Labute approximate surface area is 167 Å². The maximum Gasteiger partial charge on any atom is 0.258 e. The first-order chi connectivity index (χ1) is 14.1. The minimum atomic E-state index is -0.279. The lowest BCUT2D eigenvalue weighted by Gasteiger charge is -2.19. The molecular weight excluding hydrogens is 374 g/mol. The quantitative estimate of drug-likeness (QED) is 0.646. The zero-order valence-corrected chi connectivity index (χ0v) is 16.4. The first-order valence-corrected chi connectivity index (χ1v) is 9.53. The zero-order chi connectivity index (χ0) is 20.2. The largest absolute Gasteiger partial charge is 0.485 e. The van der Waals surface area contributed by atoms with Crippen molar-refractivity contribution in [2.75, 3.05) is 18.4 Å². The molecule has 1 aliphatic heterocycles. The number of nitrogens with one attached hydrogen (secondary N) is 2. The van der Waals surface area contributed by atoms with E-state index in [0.717, 1.165) is 31.8 Å². The number of benzene rings is 1. The lowest BCUT2D eigenvalue weighted by Crippen LogP contribution is -2.27. The smallest absolute Gasteiger partial charge is 0.258 e. The van der Waals surface area contributed by atoms with Gasteiger partial charge in [-0.05, 0) is 44.1 Å². The second-order valence-electron chi connectivity index (χ2n) is 6.94. The van der Waals surface area contributed by atoms with Gasteiger partial charge in [0, 0.05) is 25.5 Å². The highest BCUT2D eigenvalue weighted by atomic mass is 16.5. The number of aryl methyl sites for hydroxylation is 2. The molecule has 2 N–H and O–H groups in total. The van der Waals surface area contributed by atoms with Crippen LogP contribution in [0.5, 0.6) is 5.75 Å². The third-order valence-corrected chi connectivity index (χ3v) is 4.74. The minimum absolute atomic E-state index is 0.158. The Morgan fingerprint density at radius 2 is 2.17 bits per heavy atom. The molecule has 3 heterocycles. The number of hydrogen-bond acceptors (Lipinski definition) is 8. The summed E-state index contributed by atoms with van der Waals surface area (Å²) < 4.78 is 12.2. The van der Waals surface area contributed by atoms with Gasteiger partial charge in [-0.2, -0.15) is 15.1 Å². The third kappa shape index (κ3) is 4.60. The molecule has 0 radical (unpaired) electrons. The van der Waals surface area contributed by atoms with Gasteiger partial charge in [0.2, 0.25) is 17.7 Å². The van der Waals surface area contributed by atoms with Gasteiger partial charge in [-0.25, -0.2) is 4.68 Å². The van der Waals surface area contributed by atoms with Crippen molar-refractivity contribution in [1.82, 2.24) is 30.2 Å². The van der Waals surface area contributed by atoms with Crippen molar-refractivity contribution in [3.63, 3.8) is 0 Å². The molecule has 0 bridgehead atoms. The Morgan fingerprint density at radius 3 is 2.93 bits per heavy atom. The van der Waals surface area contributed by atoms with Crippen molar-refractivity contribution < 1.29 is 14.1 Å². The average Bonchev–Trinajstić information content (AvgIpc) is 3.33. The molecule has 29 heavy (non-hydrogen) atoms. The van der Waals surface area contributed by atoms with Gasteiger partial charge >= 0.3 is 0 Å². The number of anilines is 1. The van der Waals surface area contributed by atoms with E-state index in [9.17, 15) is 4.79 Å². The highest BCUT2D eigenvalue weighted by Gasteiger charge is 2.21. The SMILES string of the molecule is Cc1nc(COc2cccc(C(=O)Nc3nc(C4CCNCC4)nn3C)c2)no1. The highest BCUT2D eigenvalue weighted by Crippen LogP contribution is 2.23. The molecule has 10 heteroatoms. The van der Waals surface area contributed by atoms with Gasteiger partial charge in [-0.1, -0.05) is 11.2 Å². The molecule has 10 nitrogen and oxygen atoms in total. The lowest BCUT2D eigenvalue weighted by molar-refractivity contribution is 0.102. The lowest BCUT2D eigenvalue weighted by atomic mass is 9.98. The predicted octanol–water partition coefficient (Wildman–Crippen LogP) is 1.80. The Hall–Kier alpha value is -3.27. The van der Waals surface area contributed by atoms with E-state index in [1.54, 1.807) is 42.9 Å². The summed E-state index contributed by atoms with van der Waals surface area (Å²) in [5, 5.41) is 14.4. The van der Waals surface area contributed by atoms with Crippen LogP contribution in [-0.4, -0.2) is 43.9 Å². The molecule has 1 aliphatic rings. The van der Waals surface area contributed by atoms with Gasteiger partial charge in [0.25, 0.3) is 5.91 Å². The second-order valence-corrected chi connectivity index (χ2v) is 6.94. The van der Waals surface area contributed by atoms with Gasteiger partial charge < -0.3 is 14.6 Å². The van der Waals surface area contributed by atoms with Gasteiger partial charge in [-0.3, -0.25) is 10.1 Å². The van der Waals surface area contributed by atoms with Crippen LogP contribution >= 0.6 is 0 Å². The molecule has 1 amide bonds. The van der Waals surface area contributed by atoms with E-state index in [1.165, 1.54) is 0 Å². The van der Waals surface area contributed by atoms with Crippen LogP contribution in [0.25, 0.3) is 0 Å². The van der Waals surface area contributed by atoms with E-state index in [0.29, 0.717) is 34.9 Å². The summed E-state index contributed by atoms with van der Waals surface area (Å²) in [4.78, 5) is 21.3. The topological polar surface area (TPSA) is 120 Å². The van der Waals surface area contributed by atoms with Crippen molar-refractivity contribution >= 4 is 11.9 Å². The van der Waals surface area contributed by atoms with Crippen LogP contribution in [0.3, 0.4) is 0 Å². The Kier molecular flexibility index (Phi) is 5.52. The summed E-state index contributed by atoms with van der Waals surface area (Å²) in [6.45, 7) is 3.79. The van der Waals surface area contributed by atoms with Crippen LogP contribution in [0, 0.1) is 6.92 Å². The van der Waals surface area contributed by atoms with E-state index < -0.39 is 0 Å². The number of amides is 1. The van der Waals surface area contributed by atoms with Crippen LogP contribution in [0.15, 0.2) is 28.8 Å². The molecule has 2 aromatic heterocycles. The highest BCUT2D eigenvalue weighted by molar-refractivity contribution is 6.03. The number of nitrogens with zero attached hydrogens (tertiary/aromatic N) is 5. The normalized spacial score (nSPS) is 14.7. The fourth-order valence-corrected chi connectivity index (χ4v) is 3.21. The predicted molar refractivity (Wildman–Crippen MR) is 104 cm³/mol. The standard InChI is InChI=1S/C19H23N7O3/c1-12-21-16(25-29-12)11-28-15-5-3-4-14(10-15)18(27)23-19-22-17(24-26(19)2)13-6-8-20-9-7-13/h3-5,10,13,20H,6-9,11H2,1-2H3,(H,22,23,24,27). The van der Waals surface area contributed by atoms with Gasteiger partial charge in [0.15, 0.2) is 12.4 Å². The molecule has 0 aliphatic carbocycles. The average molecular weight is 397 g/mol. The molecule has 0 atom stereocenters. The first kappa shape index (κ1) is 19.1. The van der Waals surface area contributed by atoms with Crippen molar-refractivity contribution in [2.24, 2.45) is 7.05 Å². The van der Waals surface area contributed by atoms with Crippen LogP contribution in [-0.2, 0) is 13.7 Å². The molecular formula is C19H23N7O3. The molecule has 4 rings (SSSR count). The van der Waals surface area contributed by atoms with Crippen LogP contribution < -0.4 is 15.4 Å². The Balaban J connectivity index is 1.41. The summed E-state index contributed by atoms with van der Waals surface area (Å²) >= 11 is 0. The second kappa shape index (κ2) is 8.39. The van der Waals surface area contributed by atoms with E-state index in [4.69, 9.17) is 9.26 Å². The fraction of sp³-hybridized carbons (Fsp3) is 0.421. The van der Waals surface area contributed by atoms with Crippen molar-refractivity contribution in [3.05, 3.63) is 47.4 Å². The number of ether oxygens (including phenoxy) is 1. The minimum Gasteiger partial charge on any atom is -0.485 e. The number of aromatic nitrogens is 5. The molecule has 0 saturated carbocycles. The van der Waals surface area contributed by atoms with Gasteiger partial charge in [0.1, 0.15) is 5.75 Å². The molecule has 0 unspecified atom stereocenters. The van der Waals surface area contributed by atoms with E-state index in [-0.39, 0.29) is 12.5 Å². The molecule has 1 aromatic carbocycles. The van der Waals surface area contributed by atoms with Crippen LogP contribution in [0.2, 0.25) is 0 Å². The molecule has 1 saturated heterocycles. The number of piperidine rings is 1. The number of carbonyl (C=O) groups is 1. The molecule has 1 fully saturated rings. The molecule has 0 spiro atoms. The summed E-state index contributed by atoms with van der Waals surface area (Å²) in [5.74, 6) is 2.70. The van der Waals surface area contributed by atoms with Crippen LogP contribution in [0.1, 0.15) is 46.7 Å². The molecule has 152 valence electrons. The third-order valence-electron chi connectivity index (χ3n) is 4.74. The van der Waals surface area contributed by atoms with Gasteiger partial charge in [0.05, 0.1) is 0 Å². The maximum atomic E-state index is 12.7. The molecule has 3 aromatic rings. The van der Waals surface area contributed by atoms with E-state index in [2.05, 4.69) is 30.9 Å². The van der Waals surface area contributed by atoms with Crippen molar-refractivity contribution in [1.29, 1.82) is 0 Å². The zero-order valence-electron chi connectivity index (χ0n) is 16.4. The van der Waals surface area contributed by atoms with Gasteiger partial charge in [-0.15, -0.1) is 0 Å². The Morgan fingerprint density at radius 1 is 1.34 bits per heavy atom. The number of carbonyl (C=O) groups excluding carboxylic acids is 1. The van der Waals surface area contributed by atoms with Crippen molar-refractivity contribution in [3.8, 4) is 5.75 Å². The van der Waals surface area contributed by atoms with Crippen molar-refractivity contribution in [2.45, 2.75) is 32.3 Å². The monoisotopic (exact) mass is 397 g/mol. The van der Waals surface area contributed by atoms with E-state index in [1.807, 2.05) is 0 Å².